The minimum Gasteiger partial charge on any atom is -0.396 e. The number of aliphatic hydroxyl groups is 1. The lowest BCUT2D eigenvalue weighted by Crippen LogP contribution is -2.38. The summed E-state index contributed by atoms with van der Waals surface area (Å²) in [6.07, 6.45) is 1.96. The summed E-state index contributed by atoms with van der Waals surface area (Å²) in [4.78, 5) is 0.265. The number of rotatable bonds is 5. The summed E-state index contributed by atoms with van der Waals surface area (Å²) >= 11 is 0. The van der Waals surface area contributed by atoms with Crippen molar-refractivity contribution in [3.05, 3.63) is 29.8 Å². The fourth-order valence-electron chi connectivity index (χ4n) is 2.07. The van der Waals surface area contributed by atoms with Gasteiger partial charge in [0, 0.05) is 25.9 Å². The molecule has 0 radical (unpaired) electrons. The van der Waals surface area contributed by atoms with Gasteiger partial charge in [-0.2, -0.15) is 0 Å². The van der Waals surface area contributed by atoms with Crippen LogP contribution in [0.2, 0.25) is 0 Å². The van der Waals surface area contributed by atoms with Crippen molar-refractivity contribution in [2.75, 3.05) is 19.8 Å². The Kier molecular flexibility index (Phi) is 4.93. The van der Waals surface area contributed by atoms with Gasteiger partial charge in [0.05, 0.1) is 4.90 Å². The number of hydrogen-bond donors (Lipinski definition) is 2. The average molecular weight is 285 g/mol. The third-order valence-electron chi connectivity index (χ3n) is 3.18. The van der Waals surface area contributed by atoms with Crippen molar-refractivity contribution < 1.29 is 18.3 Å². The first kappa shape index (κ1) is 14.5. The molecule has 0 bridgehead atoms. The van der Waals surface area contributed by atoms with E-state index in [2.05, 4.69) is 4.72 Å². The Labute approximate surface area is 113 Å². The lowest BCUT2D eigenvalue weighted by atomic mass is 10.1. The molecule has 0 spiro atoms. The van der Waals surface area contributed by atoms with Gasteiger partial charge in [-0.05, 0) is 37.0 Å². The zero-order chi connectivity index (χ0) is 13.7. The number of nitrogens with one attached hydrogen (secondary N) is 1. The van der Waals surface area contributed by atoms with Crippen LogP contribution >= 0.6 is 0 Å². The van der Waals surface area contributed by atoms with Gasteiger partial charge in [-0.15, -0.1) is 0 Å². The Morgan fingerprint density at radius 1 is 1.21 bits per heavy atom. The SMILES string of the molecule is O=S(=O)(NC1CCOCC1)c1ccc(CCO)cc1. The number of sulfonamides is 1. The summed E-state index contributed by atoms with van der Waals surface area (Å²) in [5, 5.41) is 8.82. The highest BCUT2D eigenvalue weighted by atomic mass is 32.2. The van der Waals surface area contributed by atoms with Crippen LogP contribution in [0.15, 0.2) is 29.2 Å². The molecule has 1 fully saturated rings. The summed E-state index contributed by atoms with van der Waals surface area (Å²) < 4.78 is 32.2. The molecule has 0 amide bonds. The smallest absolute Gasteiger partial charge is 0.240 e. The van der Waals surface area contributed by atoms with Crippen LogP contribution < -0.4 is 4.72 Å². The maximum Gasteiger partial charge on any atom is 0.240 e. The minimum atomic E-state index is -3.46. The van der Waals surface area contributed by atoms with Gasteiger partial charge in [0.15, 0.2) is 0 Å². The van der Waals surface area contributed by atoms with Gasteiger partial charge in [0.25, 0.3) is 0 Å². The van der Waals surface area contributed by atoms with E-state index in [1.165, 1.54) is 0 Å². The van der Waals surface area contributed by atoms with Crippen molar-refractivity contribution in [2.45, 2.75) is 30.2 Å². The Morgan fingerprint density at radius 2 is 1.84 bits per heavy atom. The predicted octanol–water partition coefficient (Wildman–Crippen LogP) is 0.679. The third-order valence-corrected chi connectivity index (χ3v) is 4.71. The van der Waals surface area contributed by atoms with E-state index < -0.39 is 10.0 Å². The molecule has 1 aromatic carbocycles. The van der Waals surface area contributed by atoms with Gasteiger partial charge in [-0.3, -0.25) is 0 Å². The van der Waals surface area contributed by atoms with Crippen LogP contribution in [0, 0.1) is 0 Å². The second kappa shape index (κ2) is 6.47. The largest absolute Gasteiger partial charge is 0.396 e. The standard InChI is InChI=1S/C13H19NO4S/c15-8-5-11-1-3-13(4-2-11)19(16,17)14-12-6-9-18-10-7-12/h1-4,12,14-15H,5-10H2. The van der Waals surface area contributed by atoms with Gasteiger partial charge in [-0.1, -0.05) is 12.1 Å². The van der Waals surface area contributed by atoms with E-state index >= 15 is 0 Å². The number of benzene rings is 1. The molecule has 0 saturated carbocycles. The Morgan fingerprint density at radius 3 is 2.42 bits per heavy atom. The van der Waals surface area contributed by atoms with Crippen molar-refractivity contribution in [2.24, 2.45) is 0 Å². The number of aliphatic hydroxyl groups excluding tert-OH is 1. The molecule has 1 aliphatic heterocycles. The molecular formula is C13H19NO4S. The third kappa shape index (κ3) is 4.01. The van der Waals surface area contributed by atoms with Gasteiger partial charge < -0.3 is 9.84 Å². The van der Waals surface area contributed by atoms with Crippen molar-refractivity contribution in [1.29, 1.82) is 0 Å². The quantitative estimate of drug-likeness (QED) is 0.834. The molecule has 0 unspecified atom stereocenters. The van der Waals surface area contributed by atoms with Crippen molar-refractivity contribution in [3.8, 4) is 0 Å². The number of hydrogen-bond acceptors (Lipinski definition) is 4. The van der Waals surface area contributed by atoms with E-state index in [1.54, 1.807) is 24.3 Å². The summed E-state index contributed by atoms with van der Waals surface area (Å²) in [5.74, 6) is 0. The summed E-state index contributed by atoms with van der Waals surface area (Å²) in [5.41, 5.74) is 0.924. The second-order valence-corrected chi connectivity index (χ2v) is 6.34. The van der Waals surface area contributed by atoms with Crippen LogP contribution in [0.5, 0.6) is 0 Å². The Hall–Kier alpha value is -0.950. The first-order valence-electron chi connectivity index (χ1n) is 6.42. The monoisotopic (exact) mass is 285 g/mol. The molecule has 5 nitrogen and oxygen atoms in total. The van der Waals surface area contributed by atoms with Crippen molar-refractivity contribution >= 4 is 10.0 Å². The summed E-state index contributed by atoms with van der Waals surface area (Å²) in [6.45, 7) is 1.26. The molecule has 0 aliphatic carbocycles. The molecule has 106 valence electrons. The topological polar surface area (TPSA) is 75.6 Å². The van der Waals surface area contributed by atoms with Crippen LogP contribution in [0.4, 0.5) is 0 Å². The van der Waals surface area contributed by atoms with Gasteiger partial charge in [-0.25, -0.2) is 13.1 Å². The molecule has 2 rings (SSSR count). The fourth-order valence-corrected chi connectivity index (χ4v) is 3.37. The Balaban J connectivity index is 2.05. The molecule has 0 atom stereocenters. The van der Waals surface area contributed by atoms with E-state index in [9.17, 15) is 8.42 Å². The maximum absolute atomic E-state index is 12.2. The first-order chi connectivity index (χ1) is 9.12. The van der Waals surface area contributed by atoms with Crippen LogP contribution in [0.25, 0.3) is 0 Å². The van der Waals surface area contributed by atoms with E-state index in [-0.39, 0.29) is 17.5 Å². The second-order valence-electron chi connectivity index (χ2n) is 4.63. The Bertz CT molecular complexity index is 492. The first-order valence-corrected chi connectivity index (χ1v) is 7.90. The molecule has 6 heteroatoms. The highest BCUT2D eigenvalue weighted by Crippen LogP contribution is 2.14. The highest BCUT2D eigenvalue weighted by molar-refractivity contribution is 7.89. The summed E-state index contributed by atoms with van der Waals surface area (Å²) in [7, 11) is -3.46. The lowest BCUT2D eigenvalue weighted by molar-refractivity contribution is 0.0832. The normalized spacial score (nSPS) is 17.5. The predicted molar refractivity (Wildman–Crippen MR) is 71.4 cm³/mol. The van der Waals surface area contributed by atoms with Gasteiger partial charge in [0.2, 0.25) is 10.0 Å². The molecule has 1 aromatic rings. The molecular weight excluding hydrogens is 266 g/mol. The van der Waals surface area contributed by atoms with Gasteiger partial charge in [0.1, 0.15) is 0 Å². The lowest BCUT2D eigenvalue weighted by Gasteiger charge is -2.22. The van der Waals surface area contributed by atoms with Crippen molar-refractivity contribution in [1.82, 2.24) is 4.72 Å². The van der Waals surface area contributed by atoms with E-state index in [0.717, 1.165) is 5.56 Å². The van der Waals surface area contributed by atoms with E-state index in [0.29, 0.717) is 32.5 Å². The molecule has 19 heavy (non-hydrogen) atoms. The minimum absolute atomic E-state index is 0.0455. The zero-order valence-corrected chi connectivity index (χ0v) is 11.5. The van der Waals surface area contributed by atoms with Gasteiger partial charge >= 0.3 is 0 Å². The molecule has 1 aliphatic rings. The molecule has 1 saturated heterocycles. The maximum atomic E-state index is 12.2. The molecule has 2 N–H and O–H groups in total. The average Bonchev–Trinajstić information content (AvgIpc) is 2.40. The number of ether oxygens (including phenoxy) is 1. The summed E-state index contributed by atoms with van der Waals surface area (Å²) in [6, 6.07) is 6.57. The van der Waals surface area contributed by atoms with Crippen LogP contribution in [0.3, 0.4) is 0 Å². The van der Waals surface area contributed by atoms with Crippen LogP contribution in [-0.4, -0.2) is 39.4 Å². The van der Waals surface area contributed by atoms with E-state index in [4.69, 9.17) is 9.84 Å². The van der Waals surface area contributed by atoms with E-state index in [1.807, 2.05) is 0 Å². The highest BCUT2D eigenvalue weighted by Gasteiger charge is 2.21. The zero-order valence-electron chi connectivity index (χ0n) is 10.7. The molecule has 1 heterocycles. The molecule has 0 aromatic heterocycles. The fraction of sp³-hybridized carbons (Fsp3) is 0.538. The van der Waals surface area contributed by atoms with Crippen LogP contribution in [-0.2, 0) is 21.2 Å². The van der Waals surface area contributed by atoms with Crippen molar-refractivity contribution in [3.63, 3.8) is 0 Å². The van der Waals surface area contributed by atoms with Crippen LogP contribution in [0.1, 0.15) is 18.4 Å².